The van der Waals surface area contributed by atoms with Crippen LogP contribution >= 0.6 is 0 Å². The van der Waals surface area contributed by atoms with Crippen molar-refractivity contribution < 1.29 is 13.2 Å². The number of sulfone groups is 1. The summed E-state index contributed by atoms with van der Waals surface area (Å²) in [6.07, 6.45) is 2.73. The molecule has 8 heteroatoms. The van der Waals surface area contributed by atoms with E-state index in [1.165, 1.54) is 9.96 Å². The number of nitrogens with zero attached hydrogens (tertiary/aromatic N) is 4. The van der Waals surface area contributed by atoms with Crippen molar-refractivity contribution in [3.63, 3.8) is 0 Å². The summed E-state index contributed by atoms with van der Waals surface area (Å²) in [6.45, 7) is 4.96. The SMILES string of the molecule is C[C@@H]1CN(Cc2ccccc2)CCN1C(=O)c1nc(S(C)(=O)=O)n2ccccc12. The molecule has 0 bridgehead atoms. The lowest BCUT2D eigenvalue weighted by molar-refractivity contribution is 0.0472. The second kappa shape index (κ2) is 7.61. The molecule has 3 aromatic rings. The minimum Gasteiger partial charge on any atom is -0.332 e. The molecule has 1 aliphatic rings. The number of benzene rings is 1. The van der Waals surface area contributed by atoms with E-state index >= 15 is 0 Å². The molecule has 0 aliphatic carbocycles. The summed E-state index contributed by atoms with van der Waals surface area (Å²) in [7, 11) is -3.56. The molecule has 1 amide bonds. The molecule has 1 atom stereocenters. The highest BCUT2D eigenvalue weighted by Gasteiger charge is 2.32. The topological polar surface area (TPSA) is 75.0 Å². The molecule has 0 spiro atoms. The minimum atomic E-state index is -3.56. The van der Waals surface area contributed by atoms with Gasteiger partial charge in [-0.05, 0) is 24.6 Å². The Morgan fingerprint density at radius 1 is 1.10 bits per heavy atom. The van der Waals surface area contributed by atoms with Gasteiger partial charge >= 0.3 is 0 Å². The van der Waals surface area contributed by atoms with E-state index in [1.54, 1.807) is 29.3 Å². The van der Waals surface area contributed by atoms with Crippen LogP contribution in [-0.2, 0) is 16.4 Å². The first-order chi connectivity index (χ1) is 13.8. The van der Waals surface area contributed by atoms with Crippen molar-refractivity contribution in [3.8, 4) is 0 Å². The number of rotatable bonds is 4. The number of imidazole rings is 1. The van der Waals surface area contributed by atoms with Gasteiger partial charge in [0, 0.05) is 44.7 Å². The average Bonchev–Trinajstić information content (AvgIpc) is 3.09. The molecule has 1 fully saturated rings. The number of fused-ring (bicyclic) bond motifs is 1. The minimum absolute atomic E-state index is 0.00195. The predicted molar refractivity (Wildman–Crippen MR) is 111 cm³/mol. The van der Waals surface area contributed by atoms with E-state index < -0.39 is 9.84 Å². The summed E-state index contributed by atoms with van der Waals surface area (Å²) >= 11 is 0. The van der Waals surface area contributed by atoms with Gasteiger partial charge in [0.1, 0.15) is 0 Å². The van der Waals surface area contributed by atoms with Crippen molar-refractivity contribution in [1.82, 2.24) is 19.2 Å². The van der Waals surface area contributed by atoms with Crippen LogP contribution in [0.1, 0.15) is 23.0 Å². The van der Waals surface area contributed by atoms with Crippen molar-refractivity contribution >= 4 is 21.3 Å². The fourth-order valence-corrected chi connectivity index (χ4v) is 4.66. The zero-order chi connectivity index (χ0) is 20.6. The Bertz CT molecular complexity index is 1140. The fourth-order valence-electron chi connectivity index (χ4n) is 3.88. The second-order valence-electron chi connectivity index (χ2n) is 7.54. The maximum Gasteiger partial charge on any atom is 0.275 e. The van der Waals surface area contributed by atoms with Crippen molar-refractivity contribution in [2.75, 3.05) is 25.9 Å². The standard InChI is InChI=1S/C21H24N4O3S/c1-16-14-23(15-17-8-4-3-5-9-17)12-13-24(16)20(26)19-18-10-6-7-11-25(18)21(22-19)29(2,27)28/h3-11,16H,12-15H2,1-2H3/t16-/m1/s1. The number of carbonyl (C=O) groups is 1. The largest absolute Gasteiger partial charge is 0.332 e. The summed E-state index contributed by atoms with van der Waals surface area (Å²) in [5.41, 5.74) is 1.95. The van der Waals surface area contributed by atoms with Crippen molar-refractivity contribution in [1.29, 1.82) is 0 Å². The molecule has 0 saturated carbocycles. The summed E-state index contributed by atoms with van der Waals surface area (Å²) in [5.74, 6) is -0.226. The van der Waals surface area contributed by atoms with Gasteiger partial charge in [-0.15, -0.1) is 0 Å². The van der Waals surface area contributed by atoms with Gasteiger partial charge in [-0.2, -0.15) is 0 Å². The molecule has 152 valence electrons. The van der Waals surface area contributed by atoms with Crippen molar-refractivity contribution in [2.24, 2.45) is 0 Å². The molecule has 4 rings (SSSR count). The lowest BCUT2D eigenvalue weighted by Crippen LogP contribution is -2.53. The van der Waals surface area contributed by atoms with Crippen LogP contribution in [0, 0.1) is 0 Å². The Morgan fingerprint density at radius 3 is 2.52 bits per heavy atom. The van der Waals surface area contributed by atoms with Crippen LogP contribution in [-0.4, -0.2) is 65.4 Å². The van der Waals surface area contributed by atoms with E-state index in [1.807, 2.05) is 25.1 Å². The predicted octanol–water partition coefficient (Wildman–Crippen LogP) is 2.08. The van der Waals surface area contributed by atoms with Gasteiger partial charge < -0.3 is 4.90 Å². The first-order valence-electron chi connectivity index (χ1n) is 9.59. The van der Waals surface area contributed by atoms with Crippen molar-refractivity contribution in [3.05, 3.63) is 66.0 Å². The maximum absolute atomic E-state index is 13.3. The number of amides is 1. The highest BCUT2D eigenvalue weighted by molar-refractivity contribution is 7.90. The maximum atomic E-state index is 13.3. The highest BCUT2D eigenvalue weighted by atomic mass is 32.2. The Kier molecular flexibility index (Phi) is 5.14. The van der Waals surface area contributed by atoms with E-state index in [9.17, 15) is 13.2 Å². The second-order valence-corrected chi connectivity index (χ2v) is 9.45. The van der Waals surface area contributed by atoms with Crippen molar-refractivity contribution in [2.45, 2.75) is 24.7 Å². The zero-order valence-corrected chi connectivity index (χ0v) is 17.3. The number of pyridine rings is 1. The van der Waals surface area contributed by atoms with Gasteiger partial charge in [0.15, 0.2) is 5.69 Å². The van der Waals surface area contributed by atoms with Crippen LogP contribution in [0.4, 0.5) is 0 Å². The van der Waals surface area contributed by atoms with Gasteiger partial charge in [-0.1, -0.05) is 36.4 Å². The number of carbonyl (C=O) groups excluding carboxylic acids is 1. The Balaban J connectivity index is 1.57. The van der Waals surface area contributed by atoms with Crippen LogP contribution in [0.25, 0.3) is 5.52 Å². The molecule has 1 aliphatic heterocycles. The van der Waals surface area contributed by atoms with E-state index in [0.29, 0.717) is 12.1 Å². The molecule has 0 N–H and O–H groups in total. The number of aromatic nitrogens is 2. The molecule has 0 unspecified atom stereocenters. The fraction of sp³-hybridized carbons (Fsp3) is 0.333. The van der Waals surface area contributed by atoms with Gasteiger partial charge in [-0.25, -0.2) is 13.4 Å². The van der Waals surface area contributed by atoms with Gasteiger partial charge in [0.2, 0.25) is 15.0 Å². The van der Waals surface area contributed by atoms with Crippen LogP contribution in [0.2, 0.25) is 0 Å². The van der Waals surface area contributed by atoms with Crippen LogP contribution in [0.15, 0.2) is 59.9 Å². The van der Waals surface area contributed by atoms with E-state index in [-0.39, 0.29) is 22.8 Å². The summed E-state index contributed by atoms with van der Waals surface area (Å²) < 4.78 is 25.7. The molecule has 29 heavy (non-hydrogen) atoms. The van der Waals surface area contributed by atoms with E-state index in [4.69, 9.17) is 0 Å². The zero-order valence-electron chi connectivity index (χ0n) is 16.5. The molecule has 7 nitrogen and oxygen atoms in total. The normalized spacial score (nSPS) is 18.3. The smallest absolute Gasteiger partial charge is 0.275 e. The molecule has 1 saturated heterocycles. The monoisotopic (exact) mass is 412 g/mol. The Labute approximate surface area is 170 Å². The molecule has 2 aromatic heterocycles. The Morgan fingerprint density at radius 2 is 1.83 bits per heavy atom. The lowest BCUT2D eigenvalue weighted by atomic mass is 10.1. The lowest BCUT2D eigenvalue weighted by Gasteiger charge is -2.39. The number of hydrogen-bond donors (Lipinski definition) is 0. The molecule has 3 heterocycles. The third-order valence-electron chi connectivity index (χ3n) is 5.27. The molecular weight excluding hydrogens is 388 g/mol. The molecular formula is C21H24N4O3S. The first kappa shape index (κ1) is 19.6. The van der Waals surface area contributed by atoms with Crippen LogP contribution < -0.4 is 0 Å². The highest BCUT2D eigenvalue weighted by Crippen LogP contribution is 2.21. The average molecular weight is 413 g/mol. The third-order valence-corrected chi connectivity index (χ3v) is 6.22. The molecule has 1 aromatic carbocycles. The van der Waals surface area contributed by atoms with Crippen LogP contribution in [0.5, 0.6) is 0 Å². The number of piperazine rings is 1. The third kappa shape index (κ3) is 3.90. The van der Waals surface area contributed by atoms with Gasteiger partial charge in [-0.3, -0.25) is 14.1 Å². The quantitative estimate of drug-likeness (QED) is 0.656. The summed E-state index contributed by atoms with van der Waals surface area (Å²) in [4.78, 5) is 21.6. The molecule has 0 radical (unpaired) electrons. The summed E-state index contributed by atoms with van der Waals surface area (Å²) in [5, 5.41) is -0.105. The Hall–Kier alpha value is -2.71. The van der Waals surface area contributed by atoms with E-state index in [0.717, 1.165) is 25.9 Å². The first-order valence-corrected chi connectivity index (χ1v) is 11.5. The van der Waals surface area contributed by atoms with Crippen LogP contribution in [0.3, 0.4) is 0 Å². The van der Waals surface area contributed by atoms with Gasteiger partial charge in [0.05, 0.1) is 5.52 Å². The van der Waals surface area contributed by atoms with Gasteiger partial charge in [0.25, 0.3) is 5.91 Å². The van der Waals surface area contributed by atoms with E-state index in [2.05, 4.69) is 22.0 Å². The summed E-state index contributed by atoms with van der Waals surface area (Å²) in [6, 6.07) is 15.5. The number of hydrogen-bond acceptors (Lipinski definition) is 5.